The zero-order valence-corrected chi connectivity index (χ0v) is 20.4. The van der Waals surface area contributed by atoms with Crippen molar-refractivity contribution in [1.82, 2.24) is 24.8 Å². The van der Waals surface area contributed by atoms with Crippen molar-refractivity contribution in [2.75, 3.05) is 68.0 Å². The Bertz CT molecular complexity index is 1090. The van der Waals surface area contributed by atoms with Crippen LogP contribution in [-0.4, -0.2) is 89.0 Å². The monoisotopic (exact) mass is 510 g/mol. The summed E-state index contributed by atoms with van der Waals surface area (Å²) >= 11 is 0. The number of nitrogen functional groups attached to an aromatic ring is 1. The number of morpholine rings is 1. The fourth-order valence-corrected chi connectivity index (χ4v) is 3.77. The molecule has 2 N–H and O–H groups in total. The van der Waals surface area contributed by atoms with Gasteiger partial charge in [-0.1, -0.05) is 0 Å². The molecular weight excluding hydrogens is 481 g/mol. The number of anilines is 3. The largest absolute Gasteiger partial charge is 0.444 e. The molecule has 196 valence electrons. The molecule has 2 fully saturated rings. The lowest BCUT2D eigenvalue weighted by Gasteiger charge is -2.36. The Morgan fingerprint density at radius 2 is 1.56 bits per heavy atom. The average Bonchev–Trinajstić information content (AvgIpc) is 2.83. The summed E-state index contributed by atoms with van der Waals surface area (Å²) in [6.45, 7) is 9.02. The number of carbonyl (C=O) groups excluding carboxylic acids is 1. The molecule has 0 spiro atoms. The van der Waals surface area contributed by atoms with Gasteiger partial charge in [0.15, 0.2) is 5.82 Å². The van der Waals surface area contributed by atoms with E-state index in [-0.39, 0.29) is 11.4 Å². The fraction of sp³-hybridized carbons (Fsp3) is 0.591. The minimum atomic E-state index is -4.67. The topological polar surface area (TPSA) is 123 Å². The molecule has 2 aromatic rings. The Morgan fingerprint density at radius 3 is 2.11 bits per heavy atom. The van der Waals surface area contributed by atoms with Crippen molar-refractivity contribution in [2.45, 2.75) is 32.5 Å². The van der Waals surface area contributed by atoms with E-state index in [1.807, 2.05) is 9.80 Å². The van der Waals surface area contributed by atoms with E-state index >= 15 is 0 Å². The predicted molar refractivity (Wildman–Crippen MR) is 126 cm³/mol. The van der Waals surface area contributed by atoms with Crippen molar-refractivity contribution in [3.05, 3.63) is 17.8 Å². The predicted octanol–water partition coefficient (Wildman–Crippen LogP) is 2.43. The van der Waals surface area contributed by atoms with Crippen LogP contribution in [0.1, 0.15) is 26.3 Å². The van der Waals surface area contributed by atoms with Gasteiger partial charge in [0.25, 0.3) is 0 Å². The van der Waals surface area contributed by atoms with Gasteiger partial charge in [-0.2, -0.15) is 28.1 Å². The number of amides is 1. The third-order valence-corrected chi connectivity index (χ3v) is 5.60. The maximum Gasteiger partial charge on any atom is 0.419 e. The first-order chi connectivity index (χ1) is 16.9. The van der Waals surface area contributed by atoms with Gasteiger partial charge in [-0.05, 0) is 26.8 Å². The highest BCUT2D eigenvalue weighted by molar-refractivity contribution is 5.68. The lowest BCUT2D eigenvalue weighted by Crippen LogP contribution is -2.50. The molecule has 2 saturated heterocycles. The van der Waals surface area contributed by atoms with Crippen LogP contribution in [0.5, 0.6) is 0 Å². The Morgan fingerprint density at radius 1 is 0.972 bits per heavy atom. The maximum absolute atomic E-state index is 13.4. The minimum Gasteiger partial charge on any atom is -0.444 e. The van der Waals surface area contributed by atoms with E-state index in [1.54, 1.807) is 25.7 Å². The van der Waals surface area contributed by atoms with Gasteiger partial charge in [-0.25, -0.2) is 9.78 Å². The molecule has 0 saturated carbocycles. The summed E-state index contributed by atoms with van der Waals surface area (Å²) in [7, 11) is 0. The lowest BCUT2D eigenvalue weighted by atomic mass is 10.1. The number of nitrogens with zero attached hydrogens (tertiary/aromatic N) is 7. The zero-order chi connectivity index (χ0) is 26.1. The average molecular weight is 511 g/mol. The van der Waals surface area contributed by atoms with Crippen LogP contribution in [0.2, 0.25) is 0 Å². The van der Waals surface area contributed by atoms with Crippen LogP contribution in [0.4, 0.5) is 35.7 Å². The van der Waals surface area contributed by atoms with Crippen molar-refractivity contribution in [3.63, 3.8) is 0 Å². The highest BCUT2D eigenvalue weighted by Gasteiger charge is 2.35. The van der Waals surface area contributed by atoms with E-state index in [4.69, 9.17) is 15.2 Å². The first-order valence-electron chi connectivity index (χ1n) is 11.6. The third-order valence-electron chi connectivity index (χ3n) is 5.60. The van der Waals surface area contributed by atoms with Crippen molar-refractivity contribution >= 4 is 23.8 Å². The SMILES string of the molecule is CC(C)(C)OC(=O)N1CCN(c2nc(-c3cnc(N)c(C(F)(F)F)c3)nc(N3CCOCC3)n2)CC1. The van der Waals surface area contributed by atoms with Gasteiger partial charge in [0.1, 0.15) is 11.4 Å². The lowest BCUT2D eigenvalue weighted by molar-refractivity contribution is -0.137. The summed E-state index contributed by atoms with van der Waals surface area (Å²) in [5.74, 6) is 0.0650. The molecule has 14 heteroatoms. The standard InChI is InChI=1S/C22H29F3N8O3/c1-21(2,3)36-20(34)33-6-4-31(5-7-33)18-28-17(29-19(30-18)32-8-10-35-11-9-32)14-12-15(22(23,24)25)16(26)27-13-14/h12-13H,4-11H2,1-3H3,(H2,26,27). The Balaban J connectivity index is 1.63. The minimum absolute atomic E-state index is 0.0501. The number of aromatic nitrogens is 4. The Labute approximate surface area is 206 Å². The van der Waals surface area contributed by atoms with Crippen LogP contribution >= 0.6 is 0 Å². The maximum atomic E-state index is 13.4. The molecule has 0 unspecified atom stereocenters. The normalized spacial score (nSPS) is 17.3. The molecule has 2 aliphatic heterocycles. The van der Waals surface area contributed by atoms with E-state index in [0.29, 0.717) is 64.4 Å². The second kappa shape index (κ2) is 9.91. The van der Waals surface area contributed by atoms with Gasteiger partial charge in [-0.15, -0.1) is 0 Å². The van der Waals surface area contributed by atoms with Crippen molar-refractivity contribution in [1.29, 1.82) is 0 Å². The molecule has 4 heterocycles. The summed E-state index contributed by atoms with van der Waals surface area (Å²) < 4.78 is 51.2. The molecule has 0 aliphatic carbocycles. The number of halogens is 3. The van der Waals surface area contributed by atoms with E-state index in [0.717, 1.165) is 6.07 Å². The number of pyridine rings is 1. The van der Waals surface area contributed by atoms with Gasteiger partial charge in [0.05, 0.1) is 18.8 Å². The first kappa shape index (κ1) is 25.7. The molecule has 36 heavy (non-hydrogen) atoms. The first-order valence-corrected chi connectivity index (χ1v) is 11.6. The molecule has 0 aromatic carbocycles. The Kier molecular flexibility index (Phi) is 7.07. The second-order valence-corrected chi connectivity index (χ2v) is 9.47. The van der Waals surface area contributed by atoms with E-state index in [2.05, 4.69) is 19.9 Å². The highest BCUT2D eigenvalue weighted by Crippen LogP contribution is 2.35. The van der Waals surface area contributed by atoms with Crippen molar-refractivity contribution < 1.29 is 27.4 Å². The summed E-state index contributed by atoms with van der Waals surface area (Å²) in [4.78, 5) is 35.0. The number of piperazine rings is 1. The molecule has 2 aliphatic rings. The fourth-order valence-electron chi connectivity index (χ4n) is 3.77. The van der Waals surface area contributed by atoms with Gasteiger partial charge >= 0.3 is 12.3 Å². The van der Waals surface area contributed by atoms with Crippen LogP contribution < -0.4 is 15.5 Å². The highest BCUT2D eigenvalue weighted by atomic mass is 19.4. The van der Waals surface area contributed by atoms with Crippen LogP contribution in [0.3, 0.4) is 0 Å². The zero-order valence-electron chi connectivity index (χ0n) is 20.4. The summed E-state index contributed by atoms with van der Waals surface area (Å²) in [6, 6.07) is 0.894. The van der Waals surface area contributed by atoms with Gasteiger partial charge in [0, 0.05) is 51.0 Å². The van der Waals surface area contributed by atoms with Gasteiger partial charge in [-0.3, -0.25) is 0 Å². The summed E-state index contributed by atoms with van der Waals surface area (Å²) in [6.07, 6.45) is -3.86. The summed E-state index contributed by atoms with van der Waals surface area (Å²) in [5.41, 5.74) is 3.88. The van der Waals surface area contributed by atoms with E-state index in [9.17, 15) is 18.0 Å². The molecule has 0 radical (unpaired) electrons. The number of nitrogens with two attached hydrogens (primary N) is 1. The van der Waals surface area contributed by atoms with Crippen LogP contribution in [-0.2, 0) is 15.7 Å². The molecular formula is C22H29F3N8O3. The van der Waals surface area contributed by atoms with E-state index < -0.39 is 29.3 Å². The number of alkyl halides is 3. The molecule has 0 atom stereocenters. The number of rotatable bonds is 3. The number of hydrogen-bond acceptors (Lipinski definition) is 10. The van der Waals surface area contributed by atoms with Crippen molar-refractivity contribution in [3.8, 4) is 11.4 Å². The van der Waals surface area contributed by atoms with Gasteiger partial charge in [0.2, 0.25) is 11.9 Å². The molecule has 4 rings (SSSR count). The van der Waals surface area contributed by atoms with Crippen molar-refractivity contribution in [2.24, 2.45) is 0 Å². The second-order valence-electron chi connectivity index (χ2n) is 9.47. The van der Waals surface area contributed by atoms with Gasteiger partial charge < -0.3 is 29.9 Å². The summed E-state index contributed by atoms with van der Waals surface area (Å²) in [5, 5.41) is 0. The quantitative estimate of drug-likeness (QED) is 0.659. The molecule has 11 nitrogen and oxygen atoms in total. The molecule has 0 bridgehead atoms. The van der Waals surface area contributed by atoms with E-state index in [1.165, 1.54) is 6.20 Å². The van der Waals surface area contributed by atoms with Crippen LogP contribution in [0.25, 0.3) is 11.4 Å². The number of carbonyl (C=O) groups is 1. The Hall–Kier alpha value is -3.42. The number of ether oxygens (including phenoxy) is 2. The third kappa shape index (κ3) is 6.04. The molecule has 2 aromatic heterocycles. The molecule has 1 amide bonds. The van der Waals surface area contributed by atoms with Crippen LogP contribution in [0, 0.1) is 0 Å². The smallest absolute Gasteiger partial charge is 0.419 e. The van der Waals surface area contributed by atoms with Crippen LogP contribution in [0.15, 0.2) is 12.3 Å². The number of hydrogen-bond donors (Lipinski definition) is 1.